The predicted octanol–water partition coefficient (Wildman–Crippen LogP) is 5.94. The molecule has 2 N–H and O–H groups in total. The van der Waals surface area contributed by atoms with Gasteiger partial charge in [-0.25, -0.2) is 0 Å². The highest BCUT2D eigenvalue weighted by molar-refractivity contribution is 14.1. The quantitative estimate of drug-likeness (QED) is 0.179. The van der Waals surface area contributed by atoms with E-state index in [1.165, 1.54) is 25.1 Å². The van der Waals surface area contributed by atoms with Crippen LogP contribution in [0.5, 0.6) is 17.2 Å². The highest BCUT2D eigenvalue weighted by Gasteiger charge is 2.70. The van der Waals surface area contributed by atoms with Gasteiger partial charge in [0, 0.05) is 18.0 Å². The van der Waals surface area contributed by atoms with Gasteiger partial charge in [-0.2, -0.15) is 5.01 Å². The number of amides is 4. The molecule has 6 atom stereocenters. The number of carbonyl (C=O) groups excluding carboxylic acids is 4. The number of benzene rings is 3. The molecular formula is C35H30Cl2IN3O7. The lowest BCUT2D eigenvalue weighted by molar-refractivity contribution is -0.140. The van der Waals surface area contributed by atoms with Crippen LogP contribution in [0.2, 0.25) is 10.0 Å². The first-order valence-corrected chi connectivity index (χ1v) is 17.1. The Morgan fingerprint density at radius 2 is 1.67 bits per heavy atom. The van der Waals surface area contributed by atoms with Gasteiger partial charge in [-0.15, -0.1) is 0 Å². The highest BCUT2D eigenvalue weighted by Crippen LogP contribution is 2.64. The first kappa shape index (κ1) is 32.7. The van der Waals surface area contributed by atoms with Crippen molar-refractivity contribution in [1.82, 2.24) is 9.91 Å². The average Bonchev–Trinajstić information content (AvgIpc) is 3.43. The number of likely N-dealkylation sites (tertiary alicyclic amines) is 1. The minimum atomic E-state index is -1.52. The Morgan fingerprint density at radius 1 is 0.938 bits per heavy atom. The fourth-order valence-electron chi connectivity index (χ4n) is 8.29. The molecule has 4 aliphatic rings. The third-order valence-electron chi connectivity index (χ3n) is 10.4. The average molecular weight is 802 g/mol. The minimum Gasteiger partial charge on any atom is -0.504 e. The summed E-state index contributed by atoms with van der Waals surface area (Å²) >= 11 is 14.7. The van der Waals surface area contributed by atoms with Gasteiger partial charge in [0.05, 0.1) is 51.7 Å². The molecule has 0 unspecified atom stereocenters. The van der Waals surface area contributed by atoms with Crippen LogP contribution in [-0.4, -0.2) is 59.9 Å². The van der Waals surface area contributed by atoms with E-state index in [0.29, 0.717) is 37.6 Å². The first-order valence-electron chi connectivity index (χ1n) is 15.3. The smallest absolute Gasteiger partial charge is 0.260 e. The molecule has 2 heterocycles. The third kappa shape index (κ3) is 4.64. The normalized spacial score (nSPS) is 27.8. The van der Waals surface area contributed by atoms with Crippen molar-refractivity contribution in [3.63, 3.8) is 0 Å². The summed E-state index contributed by atoms with van der Waals surface area (Å²) in [6.45, 7) is 0. The number of ether oxygens (including phenoxy) is 2. The maximum Gasteiger partial charge on any atom is 0.260 e. The molecule has 48 heavy (non-hydrogen) atoms. The van der Waals surface area contributed by atoms with Crippen LogP contribution in [0, 0.1) is 27.2 Å². The predicted molar refractivity (Wildman–Crippen MR) is 186 cm³/mol. The Bertz CT molecular complexity index is 1940. The van der Waals surface area contributed by atoms with Crippen LogP contribution in [0.4, 0.5) is 5.69 Å². The topological polar surface area (TPSA) is 125 Å². The van der Waals surface area contributed by atoms with Crippen LogP contribution < -0.4 is 14.9 Å². The largest absolute Gasteiger partial charge is 0.504 e. The molecule has 1 saturated carbocycles. The molecular weight excluding hydrogens is 772 g/mol. The number of halogens is 3. The van der Waals surface area contributed by atoms with Crippen molar-refractivity contribution >= 4 is 75.1 Å². The number of aromatic hydroxyl groups is 1. The number of anilines is 1. The summed E-state index contributed by atoms with van der Waals surface area (Å²) in [5, 5.41) is 12.4. The number of nitrogens with one attached hydrogen (secondary N) is 1. The highest BCUT2D eigenvalue weighted by atomic mass is 127. The zero-order chi connectivity index (χ0) is 34.2. The summed E-state index contributed by atoms with van der Waals surface area (Å²) < 4.78 is 11.5. The van der Waals surface area contributed by atoms with E-state index < -0.39 is 46.8 Å². The van der Waals surface area contributed by atoms with Gasteiger partial charge in [0.1, 0.15) is 5.75 Å². The van der Waals surface area contributed by atoms with Crippen molar-refractivity contribution in [1.29, 1.82) is 0 Å². The Morgan fingerprint density at radius 3 is 2.33 bits per heavy atom. The number of hydrogen-bond donors (Lipinski definition) is 2. The number of allylic oxidation sites excluding steroid dienone is 2. The monoisotopic (exact) mass is 801 g/mol. The molecule has 4 amide bonds. The Kier molecular flexibility index (Phi) is 8.15. The SMILES string of the molecule is COc1ccc([C@@]23C(=O)N(Nc4ccc(Cl)cc4Cl)C(=O)[C@@H]2C[C@@H]2C(=CC[C@@H]4C(=O)N(C)C(=O)[C@@H]42)[C@@H]3c2cc(I)c(O)c(OC)c2)cc1. The number of carbonyl (C=O) groups is 4. The number of hydrazine groups is 1. The molecule has 3 aromatic carbocycles. The van der Waals surface area contributed by atoms with Gasteiger partial charge >= 0.3 is 0 Å². The van der Waals surface area contributed by atoms with E-state index in [-0.39, 0.29) is 34.8 Å². The van der Waals surface area contributed by atoms with E-state index in [1.54, 1.807) is 55.6 Å². The van der Waals surface area contributed by atoms with Gasteiger partial charge in [-0.1, -0.05) is 47.0 Å². The fourth-order valence-corrected chi connectivity index (χ4v) is 9.37. The molecule has 248 valence electrons. The lowest BCUT2D eigenvalue weighted by Gasteiger charge is -2.50. The molecule has 3 aromatic rings. The molecule has 2 aliphatic carbocycles. The van der Waals surface area contributed by atoms with Gasteiger partial charge in [0.2, 0.25) is 11.8 Å². The molecule has 2 saturated heterocycles. The van der Waals surface area contributed by atoms with E-state index in [4.69, 9.17) is 32.7 Å². The molecule has 3 fully saturated rings. The molecule has 0 radical (unpaired) electrons. The standard InChI is InChI=1S/C35H30Cl2IN3O7/c1-40-31(43)21-10-9-20-22(28(21)33(40)45)15-23-32(44)41(39-26-11-6-18(36)14-24(26)37)34(46)35(23,17-4-7-19(47-2)8-5-17)29(20)16-12-25(38)30(42)27(13-16)48-3/h4-9,11-14,21-23,28-29,39,42H,10,15H2,1-3H3/t21-,22+,23-,28-,29-,35+/m0/s1. The zero-order valence-electron chi connectivity index (χ0n) is 26.0. The number of nitrogens with zero attached hydrogens (tertiary/aromatic N) is 2. The van der Waals surface area contributed by atoms with Crippen molar-refractivity contribution in [2.75, 3.05) is 26.7 Å². The van der Waals surface area contributed by atoms with Gasteiger partial charge in [-0.3, -0.25) is 29.5 Å². The molecule has 10 nitrogen and oxygen atoms in total. The van der Waals surface area contributed by atoms with E-state index >= 15 is 4.79 Å². The van der Waals surface area contributed by atoms with Gasteiger partial charge < -0.3 is 14.6 Å². The van der Waals surface area contributed by atoms with E-state index in [2.05, 4.69) is 5.43 Å². The van der Waals surface area contributed by atoms with E-state index in [9.17, 15) is 19.5 Å². The number of phenols is 1. The number of hydrogen-bond acceptors (Lipinski definition) is 8. The summed E-state index contributed by atoms with van der Waals surface area (Å²) in [4.78, 5) is 58.1. The zero-order valence-corrected chi connectivity index (χ0v) is 29.7. The van der Waals surface area contributed by atoms with Gasteiger partial charge in [-0.05, 0) is 94.9 Å². The van der Waals surface area contributed by atoms with Crippen molar-refractivity contribution in [2.24, 2.45) is 23.7 Å². The van der Waals surface area contributed by atoms with Crippen molar-refractivity contribution in [2.45, 2.75) is 24.2 Å². The summed E-state index contributed by atoms with van der Waals surface area (Å²) in [6, 6.07) is 15.2. The Balaban J connectivity index is 1.50. The lowest BCUT2D eigenvalue weighted by atomic mass is 9.49. The second-order valence-electron chi connectivity index (χ2n) is 12.5. The van der Waals surface area contributed by atoms with Crippen LogP contribution in [-0.2, 0) is 24.6 Å². The van der Waals surface area contributed by atoms with Crippen molar-refractivity contribution < 1.29 is 33.8 Å². The maximum atomic E-state index is 15.3. The second kappa shape index (κ2) is 12.0. The van der Waals surface area contributed by atoms with Gasteiger partial charge in [0.25, 0.3) is 11.8 Å². The van der Waals surface area contributed by atoms with E-state index in [1.807, 2.05) is 28.7 Å². The molecule has 0 aromatic heterocycles. The Labute approximate surface area is 300 Å². The summed E-state index contributed by atoms with van der Waals surface area (Å²) in [5.41, 5.74) is 3.73. The summed E-state index contributed by atoms with van der Waals surface area (Å²) in [5.74, 6) is -4.39. The van der Waals surface area contributed by atoms with E-state index in [0.717, 1.165) is 10.6 Å². The van der Waals surface area contributed by atoms with Crippen molar-refractivity contribution in [3.8, 4) is 17.2 Å². The maximum absolute atomic E-state index is 15.3. The Hall–Kier alpha value is -3.81. The molecule has 0 spiro atoms. The minimum absolute atomic E-state index is 0.0605. The second-order valence-corrected chi connectivity index (χ2v) is 14.5. The lowest BCUT2D eigenvalue weighted by Crippen LogP contribution is -2.53. The molecule has 7 rings (SSSR count). The number of phenolic OH excluding ortho intramolecular Hbond substituents is 1. The van der Waals surface area contributed by atoms with Crippen LogP contribution in [0.15, 0.2) is 66.2 Å². The molecule has 2 aliphatic heterocycles. The first-order chi connectivity index (χ1) is 22.9. The summed E-state index contributed by atoms with van der Waals surface area (Å²) in [6.07, 6.45) is 2.42. The third-order valence-corrected chi connectivity index (χ3v) is 11.8. The molecule has 13 heteroatoms. The number of fused-ring (bicyclic) bond motifs is 4. The van der Waals surface area contributed by atoms with Crippen molar-refractivity contribution in [3.05, 3.63) is 91.0 Å². The van der Waals surface area contributed by atoms with Crippen LogP contribution in [0.1, 0.15) is 29.9 Å². The van der Waals surface area contributed by atoms with Crippen LogP contribution >= 0.6 is 45.8 Å². The fraction of sp³-hybridized carbons (Fsp3) is 0.314. The van der Waals surface area contributed by atoms with Crippen LogP contribution in [0.25, 0.3) is 0 Å². The number of imide groups is 2. The van der Waals surface area contributed by atoms with Gasteiger partial charge in [0.15, 0.2) is 11.5 Å². The number of rotatable bonds is 6. The summed E-state index contributed by atoms with van der Waals surface area (Å²) in [7, 11) is 4.47. The number of methoxy groups -OCH3 is 2. The molecule has 0 bridgehead atoms. The van der Waals surface area contributed by atoms with Crippen LogP contribution in [0.3, 0.4) is 0 Å².